The number of aromatic nitrogens is 2. The molecule has 2 rings (SSSR count). The summed E-state index contributed by atoms with van der Waals surface area (Å²) in [5.74, 6) is 0.840. The molecule has 0 radical (unpaired) electrons. The van der Waals surface area contributed by atoms with Crippen molar-refractivity contribution in [1.82, 2.24) is 14.9 Å². The molecular weight excluding hydrogens is 241 g/mol. The lowest BCUT2D eigenvalue weighted by molar-refractivity contribution is 0.566. The number of benzene rings is 1. The van der Waals surface area contributed by atoms with E-state index in [1.165, 1.54) is 6.07 Å². The number of rotatable bonds is 6. The molecule has 0 unspecified atom stereocenters. The summed E-state index contributed by atoms with van der Waals surface area (Å²) in [6.07, 6.45) is 1.89. The standard InChI is InChI=1S/C15H22FN3/c1-4-9-19-14-10-12(16)5-6-13(14)18-15(19)7-8-17-11(2)3/h5-6,10-11,17H,4,7-9H2,1-3H3. The van der Waals surface area contributed by atoms with Crippen molar-refractivity contribution in [2.75, 3.05) is 6.54 Å². The molecule has 0 saturated carbocycles. The van der Waals surface area contributed by atoms with E-state index in [4.69, 9.17) is 0 Å². The summed E-state index contributed by atoms with van der Waals surface area (Å²) in [4.78, 5) is 4.63. The van der Waals surface area contributed by atoms with Crippen LogP contribution in [0, 0.1) is 5.82 Å². The van der Waals surface area contributed by atoms with Gasteiger partial charge in [0.1, 0.15) is 11.6 Å². The molecule has 1 aromatic heterocycles. The Kier molecular flexibility index (Phi) is 4.53. The number of aryl methyl sites for hydroxylation is 1. The molecule has 0 atom stereocenters. The van der Waals surface area contributed by atoms with Crippen molar-refractivity contribution in [2.45, 2.75) is 46.2 Å². The average Bonchev–Trinajstić information content (AvgIpc) is 2.68. The minimum absolute atomic E-state index is 0.198. The Balaban J connectivity index is 2.28. The maximum absolute atomic E-state index is 13.4. The number of halogens is 1. The first kappa shape index (κ1) is 14.0. The van der Waals surface area contributed by atoms with Crippen molar-refractivity contribution < 1.29 is 4.39 Å². The van der Waals surface area contributed by atoms with E-state index in [-0.39, 0.29) is 5.82 Å². The van der Waals surface area contributed by atoms with E-state index in [2.05, 4.69) is 35.6 Å². The van der Waals surface area contributed by atoms with Gasteiger partial charge in [-0.15, -0.1) is 0 Å². The molecule has 19 heavy (non-hydrogen) atoms. The minimum atomic E-state index is -0.198. The van der Waals surface area contributed by atoms with Crippen LogP contribution in [0.25, 0.3) is 11.0 Å². The summed E-state index contributed by atoms with van der Waals surface area (Å²) in [5.41, 5.74) is 1.79. The Morgan fingerprint density at radius 2 is 2.16 bits per heavy atom. The van der Waals surface area contributed by atoms with E-state index in [0.29, 0.717) is 6.04 Å². The summed E-state index contributed by atoms with van der Waals surface area (Å²) >= 11 is 0. The van der Waals surface area contributed by atoms with E-state index in [0.717, 1.165) is 42.8 Å². The van der Waals surface area contributed by atoms with Crippen molar-refractivity contribution in [1.29, 1.82) is 0 Å². The summed E-state index contributed by atoms with van der Waals surface area (Å²) in [6.45, 7) is 8.17. The maximum atomic E-state index is 13.4. The Morgan fingerprint density at radius 1 is 1.37 bits per heavy atom. The van der Waals surface area contributed by atoms with Crippen LogP contribution >= 0.6 is 0 Å². The number of nitrogens with zero attached hydrogens (tertiary/aromatic N) is 2. The highest BCUT2D eigenvalue weighted by Crippen LogP contribution is 2.18. The predicted octanol–water partition coefficient (Wildman–Crippen LogP) is 3.13. The molecule has 0 aliphatic carbocycles. The molecule has 2 aromatic rings. The zero-order chi connectivity index (χ0) is 13.8. The quantitative estimate of drug-likeness (QED) is 0.867. The molecule has 0 aliphatic heterocycles. The molecule has 1 N–H and O–H groups in total. The molecule has 0 aliphatic rings. The van der Waals surface area contributed by atoms with Crippen LogP contribution in [0.4, 0.5) is 4.39 Å². The number of imidazole rings is 1. The highest BCUT2D eigenvalue weighted by atomic mass is 19.1. The van der Waals surface area contributed by atoms with Crippen molar-refractivity contribution in [3.05, 3.63) is 29.8 Å². The van der Waals surface area contributed by atoms with E-state index in [9.17, 15) is 4.39 Å². The van der Waals surface area contributed by atoms with E-state index in [1.54, 1.807) is 12.1 Å². The van der Waals surface area contributed by atoms with Crippen molar-refractivity contribution in [3.63, 3.8) is 0 Å². The van der Waals surface area contributed by atoms with Gasteiger partial charge in [-0.25, -0.2) is 9.37 Å². The molecular formula is C15H22FN3. The van der Waals surface area contributed by atoms with Crippen molar-refractivity contribution in [2.24, 2.45) is 0 Å². The molecule has 0 amide bonds. The third-order valence-corrected chi connectivity index (χ3v) is 3.14. The van der Waals surface area contributed by atoms with Gasteiger partial charge < -0.3 is 9.88 Å². The van der Waals surface area contributed by atoms with Gasteiger partial charge in [-0.2, -0.15) is 0 Å². The van der Waals surface area contributed by atoms with Gasteiger partial charge in [-0.05, 0) is 24.6 Å². The Morgan fingerprint density at radius 3 is 2.84 bits per heavy atom. The lowest BCUT2D eigenvalue weighted by Crippen LogP contribution is -2.25. The predicted molar refractivity (Wildman–Crippen MR) is 76.8 cm³/mol. The van der Waals surface area contributed by atoms with Crippen LogP contribution < -0.4 is 5.32 Å². The lowest BCUT2D eigenvalue weighted by Gasteiger charge is -2.10. The SMILES string of the molecule is CCCn1c(CCNC(C)C)nc2ccc(F)cc21. The third-order valence-electron chi connectivity index (χ3n) is 3.14. The second-order valence-corrected chi connectivity index (χ2v) is 5.17. The lowest BCUT2D eigenvalue weighted by atomic mass is 10.3. The molecule has 0 spiro atoms. The monoisotopic (exact) mass is 263 g/mol. The van der Waals surface area contributed by atoms with Gasteiger partial charge >= 0.3 is 0 Å². The first-order valence-electron chi connectivity index (χ1n) is 7.00. The molecule has 0 fully saturated rings. The smallest absolute Gasteiger partial charge is 0.125 e. The zero-order valence-corrected chi connectivity index (χ0v) is 11.9. The second kappa shape index (κ2) is 6.15. The second-order valence-electron chi connectivity index (χ2n) is 5.17. The summed E-state index contributed by atoms with van der Waals surface area (Å²) in [5, 5.41) is 3.39. The van der Waals surface area contributed by atoms with E-state index >= 15 is 0 Å². The fraction of sp³-hybridized carbons (Fsp3) is 0.533. The highest BCUT2D eigenvalue weighted by molar-refractivity contribution is 5.76. The maximum Gasteiger partial charge on any atom is 0.125 e. The molecule has 0 saturated heterocycles. The van der Waals surface area contributed by atoms with Crippen LogP contribution in [0.5, 0.6) is 0 Å². The zero-order valence-electron chi connectivity index (χ0n) is 11.9. The Labute approximate surface area is 113 Å². The molecule has 1 aromatic carbocycles. The van der Waals surface area contributed by atoms with Crippen LogP contribution in [0.1, 0.15) is 33.0 Å². The van der Waals surface area contributed by atoms with Gasteiger partial charge in [-0.1, -0.05) is 20.8 Å². The van der Waals surface area contributed by atoms with E-state index in [1.807, 2.05) is 0 Å². The third kappa shape index (κ3) is 3.32. The van der Waals surface area contributed by atoms with Crippen LogP contribution in [-0.4, -0.2) is 22.1 Å². The van der Waals surface area contributed by atoms with Crippen molar-refractivity contribution >= 4 is 11.0 Å². The summed E-state index contributed by atoms with van der Waals surface area (Å²) in [6, 6.07) is 5.29. The molecule has 0 bridgehead atoms. The molecule has 104 valence electrons. The molecule has 1 heterocycles. The normalized spacial score (nSPS) is 11.6. The van der Waals surface area contributed by atoms with Crippen LogP contribution in [0.15, 0.2) is 18.2 Å². The number of fused-ring (bicyclic) bond motifs is 1. The number of hydrogen-bond acceptors (Lipinski definition) is 2. The Bertz CT molecular complexity index is 546. The fourth-order valence-corrected chi connectivity index (χ4v) is 2.28. The van der Waals surface area contributed by atoms with Gasteiger partial charge in [0.25, 0.3) is 0 Å². The van der Waals surface area contributed by atoms with Crippen LogP contribution in [0.3, 0.4) is 0 Å². The van der Waals surface area contributed by atoms with Crippen molar-refractivity contribution in [3.8, 4) is 0 Å². The topological polar surface area (TPSA) is 29.9 Å². The minimum Gasteiger partial charge on any atom is -0.328 e. The van der Waals surface area contributed by atoms with Crippen LogP contribution in [0.2, 0.25) is 0 Å². The van der Waals surface area contributed by atoms with Gasteiger partial charge in [-0.3, -0.25) is 0 Å². The molecule has 4 heteroatoms. The summed E-state index contributed by atoms with van der Waals surface area (Å²) < 4.78 is 15.5. The first-order valence-corrected chi connectivity index (χ1v) is 7.00. The van der Waals surface area contributed by atoms with Crippen LogP contribution in [-0.2, 0) is 13.0 Å². The van der Waals surface area contributed by atoms with Gasteiger partial charge in [0.2, 0.25) is 0 Å². The Hall–Kier alpha value is -1.42. The van der Waals surface area contributed by atoms with Gasteiger partial charge in [0.15, 0.2) is 0 Å². The first-order chi connectivity index (χ1) is 9.11. The fourth-order valence-electron chi connectivity index (χ4n) is 2.28. The largest absolute Gasteiger partial charge is 0.328 e. The highest BCUT2D eigenvalue weighted by Gasteiger charge is 2.10. The van der Waals surface area contributed by atoms with Gasteiger partial charge in [0.05, 0.1) is 11.0 Å². The average molecular weight is 263 g/mol. The summed E-state index contributed by atoms with van der Waals surface area (Å²) in [7, 11) is 0. The van der Waals surface area contributed by atoms with Gasteiger partial charge in [0, 0.05) is 25.6 Å². The molecule has 3 nitrogen and oxygen atoms in total. The van der Waals surface area contributed by atoms with E-state index < -0.39 is 0 Å². The number of hydrogen-bond donors (Lipinski definition) is 1. The number of nitrogens with one attached hydrogen (secondary N) is 1.